The molecule has 0 radical (unpaired) electrons. The molecule has 3 N–H and O–H groups in total. The molecule has 114 valence electrons. The van der Waals surface area contributed by atoms with Gasteiger partial charge in [-0.25, -0.2) is 4.79 Å². The lowest BCUT2D eigenvalue weighted by Gasteiger charge is -2.09. The lowest BCUT2D eigenvalue weighted by molar-refractivity contribution is -0.125. The lowest BCUT2D eigenvalue weighted by atomic mass is 10.1. The minimum absolute atomic E-state index is 0.0751. The Morgan fingerprint density at radius 2 is 1.70 bits per heavy atom. The van der Waals surface area contributed by atoms with Gasteiger partial charge in [-0.05, 0) is 12.3 Å². The third-order valence-electron chi connectivity index (χ3n) is 2.22. The molecule has 0 saturated carbocycles. The molecule has 0 fully saturated rings. The molecule has 0 bridgehead atoms. The topological polar surface area (TPSA) is 96.5 Å². The van der Waals surface area contributed by atoms with Crippen LogP contribution in [0.1, 0.15) is 20.3 Å². The zero-order valence-corrected chi connectivity index (χ0v) is 12.0. The summed E-state index contributed by atoms with van der Waals surface area (Å²) in [7, 11) is 0. The molecule has 0 aromatic rings. The first kappa shape index (κ1) is 17.9. The Labute approximate surface area is 119 Å². The zero-order chi connectivity index (χ0) is 15.4. The number of hydrogen-bond acceptors (Lipinski definition) is 4. The molecule has 0 atom stereocenters. The van der Waals surface area contributed by atoms with Crippen LogP contribution in [-0.4, -0.2) is 44.1 Å². The van der Waals surface area contributed by atoms with E-state index in [9.17, 15) is 14.4 Å². The molecule has 0 heterocycles. The van der Waals surface area contributed by atoms with Gasteiger partial charge in [-0.1, -0.05) is 26.5 Å². The van der Waals surface area contributed by atoms with Crippen LogP contribution in [0, 0.1) is 5.92 Å². The van der Waals surface area contributed by atoms with Crippen molar-refractivity contribution in [1.82, 2.24) is 16.0 Å². The average molecular weight is 285 g/mol. The first-order valence-electron chi connectivity index (χ1n) is 6.50. The molecule has 0 unspecified atom stereocenters. The molecule has 0 saturated heterocycles. The Kier molecular flexibility index (Phi) is 9.72. The Morgan fingerprint density at radius 3 is 2.30 bits per heavy atom. The minimum Gasteiger partial charge on any atom is -0.445 e. The maximum atomic E-state index is 11.4. The van der Waals surface area contributed by atoms with Gasteiger partial charge < -0.3 is 20.7 Å². The van der Waals surface area contributed by atoms with Gasteiger partial charge in [0.25, 0.3) is 0 Å². The van der Waals surface area contributed by atoms with Crippen LogP contribution in [0.2, 0.25) is 0 Å². The van der Waals surface area contributed by atoms with E-state index in [1.165, 1.54) is 6.08 Å². The third-order valence-corrected chi connectivity index (χ3v) is 2.22. The predicted octanol–water partition coefficient (Wildman–Crippen LogP) is 0.177. The summed E-state index contributed by atoms with van der Waals surface area (Å²) in [5.74, 6) is -0.205. The van der Waals surface area contributed by atoms with Gasteiger partial charge >= 0.3 is 6.09 Å². The second-order valence-corrected chi connectivity index (χ2v) is 4.55. The number of carbonyl (C=O) groups excluding carboxylic acids is 3. The van der Waals surface area contributed by atoms with E-state index in [2.05, 4.69) is 41.1 Å². The van der Waals surface area contributed by atoms with Crippen LogP contribution >= 0.6 is 0 Å². The Balaban J connectivity index is 3.64. The Bertz CT molecular complexity index is 343. The smallest absolute Gasteiger partial charge is 0.407 e. The highest BCUT2D eigenvalue weighted by Gasteiger charge is 2.07. The van der Waals surface area contributed by atoms with Crippen molar-refractivity contribution in [2.75, 3.05) is 26.2 Å². The largest absolute Gasteiger partial charge is 0.445 e. The van der Waals surface area contributed by atoms with Crippen molar-refractivity contribution in [3.63, 3.8) is 0 Å². The van der Waals surface area contributed by atoms with Gasteiger partial charge in [0.2, 0.25) is 11.8 Å². The monoisotopic (exact) mass is 285 g/mol. The normalized spacial score (nSPS) is 9.75. The minimum atomic E-state index is -0.707. The lowest BCUT2D eigenvalue weighted by Crippen LogP contribution is -2.42. The van der Waals surface area contributed by atoms with Crippen molar-refractivity contribution in [2.45, 2.75) is 20.3 Å². The van der Waals surface area contributed by atoms with Crippen LogP contribution in [0.25, 0.3) is 0 Å². The van der Waals surface area contributed by atoms with E-state index in [4.69, 9.17) is 0 Å². The van der Waals surface area contributed by atoms with Gasteiger partial charge in [-0.15, -0.1) is 0 Å². The molecule has 20 heavy (non-hydrogen) atoms. The molecular formula is C13H23N3O4. The van der Waals surface area contributed by atoms with Crippen LogP contribution in [0.15, 0.2) is 12.7 Å². The summed E-state index contributed by atoms with van der Waals surface area (Å²) < 4.78 is 4.62. The fraction of sp³-hybridized carbons (Fsp3) is 0.615. The van der Waals surface area contributed by atoms with E-state index in [1.54, 1.807) is 0 Å². The standard InChI is InChI=1S/C13H23N3O4/c1-4-7-20-13(19)16-9-12(18)15-8-11(17)14-6-5-10(2)3/h4,10H,1,5-9H2,2-3H3,(H,14,17)(H,15,18)(H,16,19). The highest BCUT2D eigenvalue weighted by Crippen LogP contribution is 1.95. The van der Waals surface area contributed by atoms with E-state index in [0.717, 1.165) is 6.42 Å². The van der Waals surface area contributed by atoms with Crippen molar-refractivity contribution in [3.8, 4) is 0 Å². The van der Waals surface area contributed by atoms with Gasteiger partial charge in [0.05, 0.1) is 6.54 Å². The summed E-state index contributed by atoms with van der Waals surface area (Å²) in [6, 6.07) is 0. The van der Waals surface area contributed by atoms with Crippen LogP contribution in [0.3, 0.4) is 0 Å². The Hall–Kier alpha value is -2.05. The number of rotatable bonds is 9. The maximum Gasteiger partial charge on any atom is 0.407 e. The SMILES string of the molecule is C=CCOC(=O)NCC(=O)NCC(=O)NCCC(C)C. The van der Waals surface area contributed by atoms with Crippen molar-refractivity contribution in [1.29, 1.82) is 0 Å². The molecule has 0 aromatic heterocycles. The molecular weight excluding hydrogens is 262 g/mol. The van der Waals surface area contributed by atoms with Crippen LogP contribution in [0.5, 0.6) is 0 Å². The second kappa shape index (κ2) is 10.8. The number of alkyl carbamates (subject to hydrolysis) is 1. The summed E-state index contributed by atoms with van der Waals surface area (Å²) >= 11 is 0. The van der Waals surface area contributed by atoms with Crippen LogP contribution in [-0.2, 0) is 14.3 Å². The molecule has 0 aliphatic carbocycles. The quantitative estimate of drug-likeness (QED) is 0.526. The molecule has 0 rings (SSSR count). The van der Waals surface area contributed by atoms with Crippen LogP contribution in [0.4, 0.5) is 4.79 Å². The van der Waals surface area contributed by atoms with E-state index in [1.807, 2.05) is 0 Å². The summed E-state index contributed by atoms with van der Waals surface area (Å²) in [4.78, 5) is 33.7. The van der Waals surface area contributed by atoms with Crippen molar-refractivity contribution >= 4 is 17.9 Å². The zero-order valence-electron chi connectivity index (χ0n) is 12.0. The fourth-order valence-electron chi connectivity index (χ4n) is 1.14. The molecule has 0 spiro atoms. The fourth-order valence-corrected chi connectivity index (χ4v) is 1.14. The van der Waals surface area contributed by atoms with Crippen molar-refractivity contribution < 1.29 is 19.1 Å². The average Bonchev–Trinajstić information content (AvgIpc) is 2.40. The molecule has 0 aromatic carbocycles. The number of ether oxygens (including phenoxy) is 1. The molecule has 3 amide bonds. The van der Waals surface area contributed by atoms with Gasteiger partial charge in [0.1, 0.15) is 13.2 Å². The number of amides is 3. The van der Waals surface area contributed by atoms with Crippen molar-refractivity contribution in [2.24, 2.45) is 5.92 Å². The number of carbonyl (C=O) groups is 3. The Morgan fingerprint density at radius 1 is 1.10 bits per heavy atom. The van der Waals surface area contributed by atoms with E-state index in [-0.39, 0.29) is 25.6 Å². The first-order chi connectivity index (χ1) is 9.45. The van der Waals surface area contributed by atoms with Gasteiger partial charge in [0, 0.05) is 6.54 Å². The molecule has 0 aliphatic rings. The van der Waals surface area contributed by atoms with E-state index in [0.29, 0.717) is 12.5 Å². The van der Waals surface area contributed by atoms with Crippen LogP contribution < -0.4 is 16.0 Å². The molecule has 7 heteroatoms. The van der Waals surface area contributed by atoms with Gasteiger partial charge in [-0.2, -0.15) is 0 Å². The second-order valence-electron chi connectivity index (χ2n) is 4.55. The first-order valence-corrected chi connectivity index (χ1v) is 6.50. The van der Waals surface area contributed by atoms with E-state index >= 15 is 0 Å². The summed E-state index contributed by atoms with van der Waals surface area (Å²) in [6.45, 7) is 7.81. The van der Waals surface area contributed by atoms with Gasteiger partial charge in [-0.3, -0.25) is 9.59 Å². The number of nitrogens with one attached hydrogen (secondary N) is 3. The van der Waals surface area contributed by atoms with Gasteiger partial charge in [0.15, 0.2) is 0 Å². The third kappa shape index (κ3) is 11.1. The highest BCUT2D eigenvalue weighted by molar-refractivity contribution is 5.87. The predicted molar refractivity (Wildman–Crippen MR) is 75.0 cm³/mol. The molecule has 0 aliphatic heterocycles. The summed E-state index contributed by atoms with van der Waals surface area (Å²) in [5, 5.41) is 7.32. The summed E-state index contributed by atoms with van der Waals surface area (Å²) in [6.07, 6.45) is 1.60. The maximum absolute atomic E-state index is 11.4. The van der Waals surface area contributed by atoms with E-state index < -0.39 is 12.0 Å². The molecule has 7 nitrogen and oxygen atoms in total. The number of hydrogen-bond donors (Lipinski definition) is 3. The van der Waals surface area contributed by atoms with Crippen molar-refractivity contribution in [3.05, 3.63) is 12.7 Å². The summed E-state index contributed by atoms with van der Waals surface area (Å²) in [5.41, 5.74) is 0. The highest BCUT2D eigenvalue weighted by atomic mass is 16.5.